The van der Waals surface area contributed by atoms with Gasteiger partial charge in [0.15, 0.2) is 0 Å². The molecule has 0 spiro atoms. The second kappa shape index (κ2) is 17.2. The number of aryl methyl sites for hydroxylation is 1. The Kier molecular flexibility index (Phi) is 13.6. The highest BCUT2D eigenvalue weighted by atomic mass is 127. The number of nitrogens with zero attached hydrogens (tertiary/aromatic N) is 4. The van der Waals surface area contributed by atoms with Gasteiger partial charge < -0.3 is 55.1 Å². The maximum absolute atomic E-state index is 5.80. The number of halogens is 2. The number of thioether (sulfide) groups is 1. The van der Waals surface area contributed by atoms with E-state index >= 15 is 0 Å². The number of ether oxygens (including phenoxy) is 1. The zero-order valence-electron chi connectivity index (χ0n) is 29.5. The molecular formula is C41H48BrIN4OS. The molecule has 0 unspecified atom stereocenters. The summed E-state index contributed by atoms with van der Waals surface area (Å²) in [5.74, 6) is 2.06. The molecule has 0 saturated heterocycles. The molecular weight excluding hydrogens is 803 g/mol. The first-order valence-electron chi connectivity index (χ1n) is 16.7. The van der Waals surface area contributed by atoms with Crippen molar-refractivity contribution < 1.29 is 54.7 Å². The monoisotopic (exact) mass is 850 g/mol. The van der Waals surface area contributed by atoms with Crippen molar-refractivity contribution >= 4 is 40.2 Å². The maximum Gasteiger partial charge on any atom is 0.282 e. The van der Waals surface area contributed by atoms with Gasteiger partial charge in [-0.15, -0.1) is 0 Å². The lowest BCUT2D eigenvalue weighted by atomic mass is 10.1. The normalized spacial score (nSPS) is 13.2. The lowest BCUT2D eigenvalue weighted by molar-refractivity contribution is -0.903. The van der Waals surface area contributed by atoms with Gasteiger partial charge in [0.25, 0.3) is 5.82 Å². The van der Waals surface area contributed by atoms with Gasteiger partial charge in [0.1, 0.15) is 23.5 Å². The van der Waals surface area contributed by atoms with Crippen LogP contribution < -0.4 is 60.1 Å². The number of benzene rings is 4. The largest absolute Gasteiger partial charge is 1.00 e. The number of fused-ring (bicyclic) bond motifs is 2. The highest BCUT2D eigenvalue weighted by Crippen LogP contribution is 2.46. The van der Waals surface area contributed by atoms with Crippen molar-refractivity contribution in [3.8, 4) is 11.4 Å². The van der Waals surface area contributed by atoms with Gasteiger partial charge in [0.05, 0.1) is 51.6 Å². The summed E-state index contributed by atoms with van der Waals surface area (Å²) in [6.45, 7) is 8.54. The standard InChI is InChI=1S/C41H48N4OS.BrH.HI/c1-7-23-43(24-14-25-45(4,5)30-32-16-13-15-31(2)26-32)40-27-33(28-41-42(3)37-19-11-12-20-39(37)47-41)36-22-21-35(46-6)29-38(36)44(40)34-17-9-8-10-18-34;;/h8-13,15-22,26-29H,7,14,23-25,30H2,1-6H3;2*1H/q+2;;/p-2. The van der Waals surface area contributed by atoms with Crippen molar-refractivity contribution in [1.82, 2.24) is 0 Å². The third-order valence-electron chi connectivity index (χ3n) is 9.04. The van der Waals surface area contributed by atoms with Crippen molar-refractivity contribution in [3.63, 3.8) is 0 Å². The van der Waals surface area contributed by atoms with Crippen LogP contribution in [0.3, 0.4) is 0 Å². The Morgan fingerprint density at radius 2 is 1.65 bits per heavy atom. The van der Waals surface area contributed by atoms with Gasteiger partial charge in [-0.05, 0) is 61.4 Å². The van der Waals surface area contributed by atoms with E-state index in [4.69, 9.17) is 4.74 Å². The Hall–Kier alpha value is -3.05. The number of pyridine rings is 1. The third kappa shape index (κ3) is 9.01. The molecule has 8 heteroatoms. The van der Waals surface area contributed by atoms with E-state index < -0.39 is 0 Å². The van der Waals surface area contributed by atoms with Gasteiger partial charge in [-0.3, -0.25) is 4.90 Å². The van der Waals surface area contributed by atoms with Crippen LogP contribution in [-0.2, 0) is 6.54 Å². The fourth-order valence-electron chi connectivity index (χ4n) is 6.74. The van der Waals surface area contributed by atoms with Crippen LogP contribution >= 0.6 is 11.8 Å². The van der Waals surface area contributed by atoms with Crippen LogP contribution in [0.4, 0.5) is 11.5 Å². The number of methoxy groups -OCH3 is 1. The van der Waals surface area contributed by atoms with Crippen molar-refractivity contribution in [2.75, 3.05) is 57.7 Å². The first-order chi connectivity index (χ1) is 22.8. The number of aromatic nitrogens is 1. The lowest BCUT2D eigenvalue weighted by Crippen LogP contribution is -3.00. The number of anilines is 2. The van der Waals surface area contributed by atoms with E-state index in [0.29, 0.717) is 0 Å². The lowest BCUT2D eigenvalue weighted by Gasteiger charge is -2.31. The average Bonchev–Trinajstić information content (AvgIpc) is 3.38. The van der Waals surface area contributed by atoms with Crippen LogP contribution in [0.15, 0.2) is 113 Å². The summed E-state index contributed by atoms with van der Waals surface area (Å²) in [5.41, 5.74) is 7.48. The minimum absolute atomic E-state index is 0. The first-order valence-corrected chi connectivity index (χ1v) is 17.5. The summed E-state index contributed by atoms with van der Waals surface area (Å²) < 4.78 is 9.19. The van der Waals surface area contributed by atoms with Gasteiger partial charge in [-0.2, -0.15) is 4.57 Å². The highest BCUT2D eigenvalue weighted by molar-refractivity contribution is 8.03. The molecule has 5 nitrogen and oxygen atoms in total. The molecule has 0 saturated carbocycles. The molecule has 1 aliphatic heterocycles. The van der Waals surface area contributed by atoms with Gasteiger partial charge in [-0.25, -0.2) is 0 Å². The fourth-order valence-corrected chi connectivity index (χ4v) is 7.84. The molecule has 0 amide bonds. The quantitative estimate of drug-likeness (QED) is 0.109. The zero-order chi connectivity index (χ0) is 33.0. The molecule has 0 radical (unpaired) electrons. The second-order valence-corrected chi connectivity index (χ2v) is 14.3. The molecule has 2 heterocycles. The van der Waals surface area contributed by atoms with Crippen LogP contribution in [-0.4, -0.2) is 52.4 Å². The van der Waals surface area contributed by atoms with Crippen molar-refractivity contribution in [1.29, 1.82) is 0 Å². The summed E-state index contributed by atoms with van der Waals surface area (Å²) in [6, 6.07) is 37.3. The van der Waals surface area contributed by atoms with E-state index in [1.807, 2.05) is 11.8 Å². The number of hydrogen-bond donors (Lipinski definition) is 0. The third-order valence-corrected chi connectivity index (χ3v) is 10.2. The van der Waals surface area contributed by atoms with Gasteiger partial charge in [-0.1, -0.05) is 78.8 Å². The van der Waals surface area contributed by atoms with E-state index in [0.717, 1.165) is 60.5 Å². The molecule has 4 aromatic carbocycles. The number of quaternary nitrogens is 1. The molecule has 6 rings (SSSR count). The summed E-state index contributed by atoms with van der Waals surface area (Å²) in [6.07, 6.45) is 4.52. The molecule has 0 aliphatic carbocycles. The molecule has 0 atom stereocenters. The van der Waals surface area contributed by atoms with Crippen molar-refractivity contribution in [2.24, 2.45) is 0 Å². The molecule has 0 fully saturated rings. The fraction of sp³-hybridized carbons (Fsp3) is 0.293. The Balaban J connectivity index is 0.00000270. The Morgan fingerprint density at radius 3 is 2.37 bits per heavy atom. The average molecular weight is 852 g/mol. The van der Waals surface area contributed by atoms with Crippen LogP contribution in [0.2, 0.25) is 0 Å². The van der Waals surface area contributed by atoms with Crippen LogP contribution in [0, 0.1) is 6.92 Å². The maximum atomic E-state index is 5.80. The predicted octanol–water partition coefficient (Wildman–Crippen LogP) is 2.87. The molecule has 1 aliphatic rings. The Bertz CT molecular complexity index is 1900. The smallest absolute Gasteiger partial charge is 0.282 e. The summed E-state index contributed by atoms with van der Waals surface area (Å²) in [5, 5.41) is 2.42. The molecule has 258 valence electrons. The van der Waals surface area contributed by atoms with Crippen LogP contribution in [0.1, 0.15) is 36.5 Å². The van der Waals surface area contributed by atoms with Crippen LogP contribution in [0.25, 0.3) is 22.7 Å². The molecule has 1 aromatic heterocycles. The van der Waals surface area contributed by atoms with Gasteiger partial charge in [0, 0.05) is 41.4 Å². The molecule has 5 aromatic rings. The summed E-state index contributed by atoms with van der Waals surface area (Å²) in [4.78, 5) is 6.20. The molecule has 0 N–H and O–H groups in total. The number of hydrogen-bond acceptors (Lipinski definition) is 4. The molecule has 49 heavy (non-hydrogen) atoms. The Morgan fingerprint density at radius 1 is 0.898 bits per heavy atom. The van der Waals surface area contributed by atoms with Crippen LogP contribution in [0.5, 0.6) is 5.75 Å². The van der Waals surface area contributed by atoms with E-state index in [1.165, 1.54) is 43.5 Å². The topological polar surface area (TPSA) is 19.6 Å². The van der Waals surface area contributed by atoms with E-state index in [9.17, 15) is 0 Å². The van der Waals surface area contributed by atoms with E-state index in [2.05, 4.69) is 159 Å². The number of para-hydroxylation sites is 2. The minimum Gasteiger partial charge on any atom is -1.00 e. The van der Waals surface area contributed by atoms with Crippen molar-refractivity contribution in [3.05, 3.63) is 125 Å². The minimum atomic E-state index is 0. The SMILES string of the molecule is CCCN(CCC[N+](C)(C)Cc1cccc(C)c1)c1cc(C=C2Sc3ccccc3N2C)c2ccc(OC)cc2[n+]1-c1ccccc1.[Br-].[I-]. The van der Waals surface area contributed by atoms with E-state index in [-0.39, 0.29) is 41.0 Å². The Labute approximate surface area is 325 Å². The first kappa shape index (κ1) is 38.7. The van der Waals surface area contributed by atoms with E-state index in [1.54, 1.807) is 7.11 Å². The number of rotatable bonds is 12. The summed E-state index contributed by atoms with van der Waals surface area (Å²) in [7, 11) is 8.64. The predicted molar refractivity (Wildman–Crippen MR) is 200 cm³/mol. The second-order valence-electron chi connectivity index (χ2n) is 13.3. The van der Waals surface area contributed by atoms with Gasteiger partial charge >= 0.3 is 0 Å². The highest BCUT2D eigenvalue weighted by Gasteiger charge is 2.28. The summed E-state index contributed by atoms with van der Waals surface area (Å²) >= 11 is 1.84. The van der Waals surface area contributed by atoms with Gasteiger partial charge in [0.2, 0.25) is 0 Å². The zero-order valence-corrected chi connectivity index (χ0v) is 34.1. The molecule has 0 bridgehead atoms. The van der Waals surface area contributed by atoms with Crippen molar-refractivity contribution in [2.45, 2.75) is 38.1 Å².